The minimum Gasteiger partial charge on any atom is -0.507 e. The number of nitrogens with zero attached hydrogens (tertiary/aromatic N) is 1. The average Bonchev–Trinajstić information content (AvgIpc) is 2.26. The fraction of sp³-hybridized carbons (Fsp3) is 0.538. The van der Waals surface area contributed by atoms with Crippen LogP contribution in [0, 0.1) is 13.8 Å². The van der Waals surface area contributed by atoms with Crippen LogP contribution in [0.4, 0.5) is 0 Å². The van der Waals surface area contributed by atoms with Crippen LogP contribution in [-0.2, 0) is 6.54 Å². The van der Waals surface area contributed by atoms with Gasteiger partial charge in [-0.3, -0.25) is 4.90 Å². The third-order valence-corrected chi connectivity index (χ3v) is 2.75. The van der Waals surface area contributed by atoms with Crippen LogP contribution in [0.2, 0.25) is 0 Å². The van der Waals surface area contributed by atoms with Gasteiger partial charge in [0.15, 0.2) is 0 Å². The number of benzene rings is 1. The molecule has 0 spiro atoms. The van der Waals surface area contributed by atoms with Crippen LogP contribution < -0.4 is 0 Å². The van der Waals surface area contributed by atoms with E-state index in [0.717, 1.165) is 16.7 Å². The van der Waals surface area contributed by atoms with E-state index in [0.29, 0.717) is 25.4 Å². The van der Waals surface area contributed by atoms with Crippen molar-refractivity contribution in [2.45, 2.75) is 20.4 Å². The summed E-state index contributed by atoms with van der Waals surface area (Å²) in [5.74, 6) is 0.302. The predicted molar refractivity (Wildman–Crippen MR) is 67.0 cm³/mol. The van der Waals surface area contributed by atoms with Gasteiger partial charge in [0.05, 0.1) is 13.2 Å². The SMILES string of the molecule is Cc1cc(C)c(O)c(CN(CCO)CCO)c1. The highest BCUT2D eigenvalue weighted by Gasteiger charge is 2.10. The van der Waals surface area contributed by atoms with E-state index >= 15 is 0 Å². The van der Waals surface area contributed by atoms with Gasteiger partial charge >= 0.3 is 0 Å². The molecule has 0 aliphatic rings. The largest absolute Gasteiger partial charge is 0.507 e. The van der Waals surface area contributed by atoms with Gasteiger partial charge in [0.2, 0.25) is 0 Å². The Morgan fingerprint density at radius 2 is 1.65 bits per heavy atom. The Hall–Kier alpha value is -1.10. The third kappa shape index (κ3) is 4.00. The van der Waals surface area contributed by atoms with E-state index in [-0.39, 0.29) is 13.2 Å². The molecule has 0 saturated heterocycles. The Morgan fingerprint density at radius 1 is 1.06 bits per heavy atom. The number of aliphatic hydroxyl groups excluding tert-OH is 2. The minimum atomic E-state index is 0.0472. The molecule has 3 N–H and O–H groups in total. The number of hydrogen-bond acceptors (Lipinski definition) is 4. The molecular weight excluding hydrogens is 218 g/mol. The van der Waals surface area contributed by atoms with E-state index in [9.17, 15) is 5.11 Å². The smallest absolute Gasteiger partial charge is 0.122 e. The summed E-state index contributed by atoms with van der Waals surface area (Å²) >= 11 is 0. The highest BCUT2D eigenvalue weighted by molar-refractivity contribution is 5.42. The molecule has 0 radical (unpaired) electrons. The molecule has 1 rings (SSSR count). The van der Waals surface area contributed by atoms with Gasteiger partial charge in [-0.2, -0.15) is 0 Å². The van der Waals surface area contributed by atoms with Crippen LogP contribution in [0.3, 0.4) is 0 Å². The average molecular weight is 239 g/mol. The van der Waals surface area contributed by atoms with Gasteiger partial charge in [-0.15, -0.1) is 0 Å². The van der Waals surface area contributed by atoms with Crippen molar-refractivity contribution < 1.29 is 15.3 Å². The maximum atomic E-state index is 9.96. The lowest BCUT2D eigenvalue weighted by Gasteiger charge is -2.21. The topological polar surface area (TPSA) is 63.9 Å². The van der Waals surface area contributed by atoms with Crippen LogP contribution in [0.15, 0.2) is 12.1 Å². The second kappa shape index (κ2) is 6.59. The zero-order valence-corrected chi connectivity index (χ0v) is 10.5. The van der Waals surface area contributed by atoms with E-state index in [1.165, 1.54) is 0 Å². The number of phenolic OH excluding ortho intramolecular Hbond substituents is 1. The maximum Gasteiger partial charge on any atom is 0.122 e. The Bertz CT molecular complexity index is 360. The first-order valence-electron chi connectivity index (χ1n) is 5.81. The van der Waals surface area contributed by atoms with Gasteiger partial charge in [-0.25, -0.2) is 0 Å². The van der Waals surface area contributed by atoms with Crippen molar-refractivity contribution in [2.24, 2.45) is 0 Å². The van der Waals surface area contributed by atoms with Gasteiger partial charge in [0.25, 0.3) is 0 Å². The molecule has 4 nitrogen and oxygen atoms in total. The third-order valence-electron chi connectivity index (χ3n) is 2.75. The number of aliphatic hydroxyl groups is 2. The number of phenols is 1. The summed E-state index contributed by atoms with van der Waals surface area (Å²) in [6.07, 6.45) is 0. The van der Waals surface area contributed by atoms with Crippen molar-refractivity contribution in [1.29, 1.82) is 0 Å². The summed E-state index contributed by atoms with van der Waals surface area (Å²) in [6.45, 7) is 5.47. The van der Waals surface area contributed by atoms with E-state index in [4.69, 9.17) is 10.2 Å². The van der Waals surface area contributed by atoms with Crippen molar-refractivity contribution in [3.63, 3.8) is 0 Å². The van der Waals surface area contributed by atoms with Crippen LogP contribution in [-0.4, -0.2) is 46.5 Å². The van der Waals surface area contributed by atoms with Gasteiger partial charge in [-0.05, 0) is 19.4 Å². The molecule has 0 aliphatic heterocycles. The summed E-state index contributed by atoms with van der Waals surface area (Å²) in [6, 6.07) is 3.87. The Balaban J connectivity index is 2.84. The molecule has 0 bridgehead atoms. The molecule has 4 heteroatoms. The van der Waals surface area contributed by atoms with Crippen LogP contribution >= 0.6 is 0 Å². The number of aryl methyl sites for hydroxylation is 2. The molecule has 0 aliphatic carbocycles. The Kier molecular flexibility index (Phi) is 5.41. The fourth-order valence-electron chi connectivity index (χ4n) is 1.96. The molecule has 96 valence electrons. The van der Waals surface area contributed by atoms with Crippen molar-refractivity contribution in [1.82, 2.24) is 4.90 Å². The highest BCUT2D eigenvalue weighted by atomic mass is 16.3. The van der Waals surface area contributed by atoms with E-state index in [1.807, 2.05) is 30.9 Å². The molecule has 0 aromatic heterocycles. The molecule has 1 aromatic rings. The van der Waals surface area contributed by atoms with Crippen molar-refractivity contribution in [2.75, 3.05) is 26.3 Å². The van der Waals surface area contributed by atoms with E-state index in [2.05, 4.69) is 0 Å². The Labute approximate surface area is 102 Å². The van der Waals surface area contributed by atoms with Crippen molar-refractivity contribution in [3.05, 3.63) is 28.8 Å². The summed E-state index contributed by atoms with van der Waals surface area (Å²) in [7, 11) is 0. The first kappa shape index (κ1) is 14.0. The second-order valence-corrected chi connectivity index (χ2v) is 4.31. The molecule has 17 heavy (non-hydrogen) atoms. The van der Waals surface area contributed by atoms with Crippen molar-refractivity contribution >= 4 is 0 Å². The quantitative estimate of drug-likeness (QED) is 0.687. The normalized spacial score (nSPS) is 11.1. The molecule has 0 unspecified atom stereocenters. The molecule has 0 atom stereocenters. The van der Waals surface area contributed by atoms with Crippen LogP contribution in [0.1, 0.15) is 16.7 Å². The molecular formula is C13H21NO3. The van der Waals surface area contributed by atoms with Crippen molar-refractivity contribution in [3.8, 4) is 5.75 Å². The van der Waals surface area contributed by atoms with Gasteiger partial charge in [-0.1, -0.05) is 17.7 Å². The predicted octanol–water partition coefficient (Wildman–Crippen LogP) is 0.796. The summed E-state index contributed by atoms with van der Waals surface area (Å²) in [5, 5.41) is 27.8. The standard InChI is InChI=1S/C13H21NO3/c1-10-7-11(2)13(17)12(8-10)9-14(3-5-15)4-6-16/h7-8,15-17H,3-6,9H2,1-2H3. The summed E-state index contributed by atoms with van der Waals surface area (Å²) in [4.78, 5) is 1.91. The van der Waals surface area contributed by atoms with Gasteiger partial charge in [0.1, 0.15) is 5.75 Å². The molecule has 0 saturated carbocycles. The second-order valence-electron chi connectivity index (χ2n) is 4.31. The van der Waals surface area contributed by atoms with E-state index in [1.54, 1.807) is 0 Å². The summed E-state index contributed by atoms with van der Waals surface area (Å²) in [5.41, 5.74) is 2.79. The lowest BCUT2D eigenvalue weighted by molar-refractivity contribution is 0.155. The van der Waals surface area contributed by atoms with Gasteiger partial charge in [0, 0.05) is 25.2 Å². The zero-order chi connectivity index (χ0) is 12.8. The number of aromatic hydroxyl groups is 1. The molecule has 0 fully saturated rings. The van der Waals surface area contributed by atoms with Crippen LogP contribution in [0.5, 0.6) is 5.75 Å². The first-order valence-corrected chi connectivity index (χ1v) is 5.81. The monoisotopic (exact) mass is 239 g/mol. The molecule has 0 heterocycles. The highest BCUT2D eigenvalue weighted by Crippen LogP contribution is 2.24. The van der Waals surface area contributed by atoms with Gasteiger partial charge < -0.3 is 15.3 Å². The minimum absolute atomic E-state index is 0.0472. The lowest BCUT2D eigenvalue weighted by Crippen LogP contribution is -2.29. The zero-order valence-electron chi connectivity index (χ0n) is 10.5. The first-order chi connectivity index (χ1) is 8.08. The van der Waals surface area contributed by atoms with E-state index < -0.39 is 0 Å². The number of hydrogen-bond donors (Lipinski definition) is 3. The molecule has 1 aromatic carbocycles. The number of rotatable bonds is 6. The lowest BCUT2D eigenvalue weighted by atomic mass is 10.1. The Morgan fingerprint density at radius 3 is 2.18 bits per heavy atom. The maximum absolute atomic E-state index is 9.96. The summed E-state index contributed by atoms with van der Waals surface area (Å²) < 4.78 is 0. The van der Waals surface area contributed by atoms with Crippen LogP contribution in [0.25, 0.3) is 0 Å². The fourth-order valence-corrected chi connectivity index (χ4v) is 1.96. The molecule has 0 amide bonds.